The summed E-state index contributed by atoms with van der Waals surface area (Å²) in [4.78, 5) is 13.7. The number of hydrogen-bond donors (Lipinski definition) is 0. The van der Waals surface area contributed by atoms with Gasteiger partial charge in [0.05, 0.1) is 13.4 Å². The Morgan fingerprint density at radius 2 is 2.14 bits per heavy atom. The van der Waals surface area contributed by atoms with E-state index in [1.54, 1.807) is 24.3 Å². The molecule has 1 aliphatic heterocycles. The van der Waals surface area contributed by atoms with Crippen molar-refractivity contribution in [3.05, 3.63) is 24.2 Å². The van der Waals surface area contributed by atoms with Gasteiger partial charge in [0.1, 0.15) is 11.8 Å². The maximum atomic E-state index is 12.1. The van der Waals surface area contributed by atoms with Gasteiger partial charge >= 0.3 is 6.09 Å². The van der Waals surface area contributed by atoms with Crippen molar-refractivity contribution in [2.75, 3.05) is 20.8 Å². The largest absolute Gasteiger partial charge is 0.467 e. The van der Waals surface area contributed by atoms with Crippen LogP contribution in [0.15, 0.2) is 22.8 Å². The van der Waals surface area contributed by atoms with Crippen LogP contribution in [0, 0.1) is 0 Å². The highest BCUT2D eigenvalue weighted by atomic mass is 28.4. The van der Waals surface area contributed by atoms with Crippen LogP contribution in [-0.2, 0) is 13.9 Å². The van der Waals surface area contributed by atoms with Crippen LogP contribution >= 0.6 is 0 Å². The first-order valence-corrected chi connectivity index (χ1v) is 10.4. The second-order valence-electron chi connectivity index (χ2n) is 6.06. The van der Waals surface area contributed by atoms with Gasteiger partial charge in [0.15, 0.2) is 14.1 Å². The number of ether oxygens (including phenoxy) is 2. The van der Waals surface area contributed by atoms with Crippen molar-refractivity contribution in [2.45, 2.75) is 37.9 Å². The van der Waals surface area contributed by atoms with Gasteiger partial charge in [-0.25, -0.2) is 4.79 Å². The molecule has 7 heteroatoms. The molecule has 21 heavy (non-hydrogen) atoms. The second-order valence-corrected chi connectivity index (χ2v) is 10.5. The lowest BCUT2D eigenvalue weighted by Crippen LogP contribution is -2.48. The van der Waals surface area contributed by atoms with Crippen LogP contribution in [0.4, 0.5) is 4.79 Å². The summed E-state index contributed by atoms with van der Waals surface area (Å²) in [7, 11) is 1.09. The number of furan rings is 1. The number of nitrogens with zero attached hydrogens (tertiary/aromatic N) is 1. The van der Waals surface area contributed by atoms with Crippen molar-refractivity contribution in [1.29, 1.82) is 0 Å². The van der Waals surface area contributed by atoms with E-state index in [0.717, 1.165) is 0 Å². The lowest BCUT2D eigenvalue weighted by molar-refractivity contribution is -0.188. The van der Waals surface area contributed by atoms with Crippen LogP contribution in [0.2, 0.25) is 19.6 Å². The lowest BCUT2D eigenvalue weighted by Gasteiger charge is -2.39. The van der Waals surface area contributed by atoms with Gasteiger partial charge in [0, 0.05) is 20.1 Å². The van der Waals surface area contributed by atoms with E-state index < -0.39 is 26.2 Å². The van der Waals surface area contributed by atoms with E-state index in [1.165, 1.54) is 7.11 Å². The molecule has 0 saturated carbocycles. The van der Waals surface area contributed by atoms with E-state index in [1.807, 2.05) is 6.07 Å². The molecule has 0 aromatic carbocycles. The molecule has 0 spiro atoms. The molecule has 0 aliphatic carbocycles. The van der Waals surface area contributed by atoms with Gasteiger partial charge < -0.3 is 18.3 Å². The quantitative estimate of drug-likeness (QED) is 0.631. The predicted molar refractivity (Wildman–Crippen MR) is 79.3 cm³/mol. The Bertz CT molecular complexity index is 484. The van der Waals surface area contributed by atoms with Crippen LogP contribution in [-0.4, -0.2) is 45.9 Å². The third-order valence-electron chi connectivity index (χ3n) is 3.48. The molecule has 0 radical (unpaired) electrons. The summed E-state index contributed by atoms with van der Waals surface area (Å²) in [5.41, 5.74) is 0. The average molecular weight is 313 g/mol. The molecule has 0 N–H and O–H groups in total. The SMILES string of the molecule is COC(=O)N1CCC(OC)(O[Si](C)(C)C)C1c1ccco1. The summed E-state index contributed by atoms with van der Waals surface area (Å²) < 4.78 is 22.4. The third kappa shape index (κ3) is 3.14. The molecule has 1 aromatic rings. The van der Waals surface area contributed by atoms with Gasteiger partial charge in [-0.2, -0.15) is 0 Å². The van der Waals surface area contributed by atoms with Crippen LogP contribution in [0.1, 0.15) is 18.2 Å². The minimum Gasteiger partial charge on any atom is -0.467 e. The molecule has 1 fully saturated rings. The van der Waals surface area contributed by atoms with Crippen molar-refractivity contribution in [3.63, 3.8) is 0 Å². The summed E-state index contributed by atoms with van der Waals surface area (Å²) in [6.07, 6.45) is 1.75. The number of hydrogen-bond acceptors (Lipinski definition) is 5. The van der Waals surface area contributed by atoms with Gasteiger partial charge in [0.25, 0.3) is 0 Å². The van der Waals surface area contributed by atoms with E-state index in [9.17, 15) is 4.79 Å². The zero-order chi connectivity index (χ0) is 15.7. The van der Waals surface area contributed by atoms with E-state index in [2.05, 4.69) is 19.6 Å². The fourth-order valence-electron chi connectivity index (χ4n) is 2.79. The summed E-state index contributed by atoms with van der Waals surface area (Å²) in [5.74, 6) is -0.255. The van der Waals surface area contributed by atoms with Gasteiger partial charge in [-0.15, -0.1) is 0 Å². The third-order valence-corrected chi connectivity index (χ3v) is 4.43. The lowest BCUT2D eigenvalue weighted by atomic mass is 10.1. The monoisotopic (exact) mass is 313 g/mol. The molecule has 1 aliphatic rings. The summed E-state index contributed by atoms with van der Waals surface area (Å²) >= 11 is 0. The second kappa shape index (κ2) is 5.82. The van der Waals surface area contributed by atoms with Crippen molar-refractivity contribution < 1.29 is 23.1 Å². The maximum Gasteiger partial charge on any atom is 0.410 e. The summed E-state index contributed by atoms with van der Waals surface area (Å²) in [6, 6.07) is 3.17. The standard InChI is InChI=1S/C14H23NO5Si/c1-17-13(16)15-9-8-14(18-2,20-21(3,4)5)12(15)11-7-6-10-19-11/h6-7,10,12H,8-9H2,1-5H3. The average Bonchev–Trinajstić information content (AvgIpc) is 3.03. The van der Waals surface area contributed by atoms with Gasteiger partial charge in [-0.1, -0.05) is 0 Å². The van der Waals surface area contributed by atoms with Crippen molar-refractivity contribution >= 4 is 14.4 Å². The molecule has 0 bridgehead atoms. The van der Waals surface area contributed by atoms with E-state index in [0.29, 0.717) is 18.7 Å². The van der Waals surface area contributed by atoms with Crippen LogP contribution in [0.5, 0.6) is 0 Å². The molecule has 118 valence electrons. The zero-order valence-corrected chi connectivity index (χ0v) is 14.2. The Kier molecular flexibility index (Phi) is 4.45. The van der Waals surface area contributed by atoms with Gasteiger partial charge in [-0.05, 0) is 31.8 Å². The van der Waals surface area contributed by atoms with Crippen molar-refractivity contribution in [3.8, 4) is 0 Å². The summed E-state index contributed by atoms with van der Waals surface area (Å²) in [6.45, 7) is 6.77. The molecule has 6 nitrogen and oxygen atoms in total. The van der Waals surface area contributed by atoms with Crippen LogP contribution in [0.25, 0.3) is 0 Å². The first-order chi connectivity index (χ1) is 9.83. The number of rotatable bonds is 4. The normalized spacial score (nSPS) is 26.1. The molecular formula is C14H23NO5Si. The van der Waals surface area contributed by atoms with E-state index >= 15 is 0 Å². The molecule has 1 aromatic heterocycles. The molecule has 2 atom stereocenters. The highest BCUT2D eigenvalue weighted by molar-refractivity contribution is 6.69. The number of amides is 1. The van der Waals surface area contributed by atoms with Gasteiger partial charge in [-0.3, -0.25) is 4.90 Å². The number of carbonyl (C=O) groups excluding carboxylic acids is 1. The Balaban J connectivity index is 2.42. The maximum absolute atomic E-state index is 12.1. The fraction of sp³-hybridized carbons (Fsp3) is 0.643. The number of carbonyl (C=O) groups is 1. The molecule has 1 saturated heterocycles. The van der Waals surface area contributed by atoms with E-state index in [4.69, 9.17) is 18.3 Å². The highest BCUT2D eigenvalue weighted by Gasteiger charge is 2.55. The number of likely N-dealkylation sites (tertiary alicyclic amines) is 1. The molecule has 1 amide bonds. The highest BCUT2D eigenvalue weighted by Crippen LogP contribution is 2.45. The summed E-state index contributed by atoms with van der Waals surface area (Å²) in [5, 5.41) is 0. The molecule has 2 rings (SSSR count). The topological polar surface area (TPSA) is 61.1 Å². The Morgan fingerprint density at radius 1 is 1.43 bits per heavy atom. The smallest absolute Gasteiger partial charge is 0.410 e. The minimum absolute atomic E-state index is 0.408. The van der Waals surface area contributed by atoms with Crippen LogP contribution < -0.4 is 0 Å². The molecule has 2 heterocycles. The zero-order valence-electron chi connectivity index (χ0n) is 13.2. The fourth-order valence-corrected chi connectivity index (χ4v) is 4.12. The minimum atomic E-state index is -1.89. The first kappa shape index (κ1) is 16.1. The number of methoxy groups -OCH3 is 2. The van der Waals surface area contributed by atoms with Gasteiger partial charge in [0.2, 0.25) is 0 Å². The Labute approximate surface area is 126 Å². The molecule has 2 unspecified atom stereocenters. The van der Waals surface area contributed by atoms with E-state index in [-0.39, 0.29) is 0 Å². The van der Waals surface area contributed by atoms with Crippen molar-refractivity contribution in [2.24, 2.45) is 0 Å². The predicted octanol–water partition coefficient (Wildman–Crippen LogP) is 2.99. The Morgan fingerprint density at radius 3 is 2.62 bits per heavy atom. The molecular weight excluding hydrogens is 290 g/mol. The van der Waals surface area contributed by atoms with Crippen molar-refractivity contribution in [1.82, 2.24) is 4.90 Å². The van der Waals surface area contributed by atoms with Crippen LogP contribution in [0.3, 0.4) is 0 Å². The Hall–Kier alpha value is -1.31. The first-order valence-electron chi connectivity index (χ1n) is 6.96.